The van der Waals surface area contributed by atoms with E-state index in [1.54, 1.807) is 19.1 Å². The molecule has 0 N–H and O–H groups in total. The number of aromatic nitrogens is 5. The lowest BCUT2D eigenvalue weighted by atomic mass is 10.2. The van der Waals surface area contributed by atoms with E-state index in [9.17, 15) is 9.59 Å². The fourth-order valence-electron chi connectivity index (χ4n) is 2.30. The molecule has 2 aromatic heterocycles. The lowest BCUT2D eigenvalue weighted by molar-refractivity contribution is -0.144. The molecule has 0 saturated carbocycles. The van der Waals surface area contributed by atoms with Gasteiger partial charge in [0.05, 0.1) is 13.7 Å². The van der Waals surface area contributed by atoms with Crippen molar-refractivity contribution in [2.24, 2.45) is 0 Å². The zero-order valence-corrected chi connectivity index (χ0v) is 13.8. The summed E-state index contributed by atoms with van der Waals surface area (Å²) in [7, 11) is 1.26. The first-order chi connectivity index (χ1) is 11.5. The quantitative estimate of drug-likeness (QED) is 0.663. The molecule has 0 aliphatic rings. The zero-order valence-electron chi connectivity index (χ0n) is 13.0. The molecule has 0 unspecified atom stereocenters. The number of benzene rings is 1. The summed E-state index contributed by atoms with van der Waals surface area (Å²) in [5.74, 6) is -0.535. The van der Waals surface area contributed by atoms with Crippen molar-refractivity contribution in [3.63, 3.8) is 0 Å². The van der Waals surface area contributed by atoms with Crippen molar-refractivity contribution < 1.29 is 9.53 Å². The molecular weight excluding hydrogens is 334 g/mol. The molecule has 0 radical (unpaired) electrons. The Bertz CT molecular complexity index is 948. The lowest BCUT2D eigenvalue weighted by Gasteiger charge is -2.11. The number of nitrogens with zero attached hydrogens (tertiary/aromatic N) is 5. The third-order valence-electron chi connectivity index (χ3n) is 3.66. The minimum Gasteiger partial charge on any atom is -0.467 e. The van der Waals surface area contributed by atoms with Crippen LogP contribution in [0.25, 0.3) is 11.2 Å². The Labute approximate surface area is 141 Å². The van der Waals surface area contributed by atoms with E-state index in [0.717, 1.165) is 5.56 Å². The van der Waals surface area contributed by atoms with Crippen LogP contribution in [0.2, 0.25) is 5.02 Å². The molecule has 0 saturated heterocycles. The van der Waals surface area contributed by atoms with Gasteiger partial charge < -0.3 is 4.74 Å². The van der Waals surface area contributed by atoms with E-state index in [2.05, 4.69) is 20.0 Å². The molecule has 0 fully saturated rings. The summed E-state index contributed by atoms with van der Waals surface area (Å²) in [6.45, 7) is 1.95. The third-order valence-corrected chi connectivity index (χ3v) is 3.91. The lowest BCUT2D eigenvalue weighted by Crippen LogP contribution is -2.29. The van der Waals surface area contributed by atoms with Crippen LogP contribution in [0.3, 0.4) is 0 Å². The highest BCUT2D eigenvalue weighted by Gasteiger charge is 2.20. The molecule has 24 heavy (non-hydrogen) atoms. The average molecular weight is 348 g/mol. The SMILES string of the molecule is COC(=O)[C@H](C)n1cnc2c(nnn2Cc2ccc(Cl)cc2)c1=O. The van der Waals surface area contributed by atoms with Gasteiger partial charge in [0.25, 0.3) is 5.56 Å². The van der Waals surface area contributed by atoms with Crippen molar-refractivity contribution >= 4 is 28.7 Å². The first-order valence-electron chi connectivity index (χ1n) is 7.14. The molecule has 3 aromatic rings. The van der Waals surface area contributed by atoms with E-state index >= 15 is 0 Å². The molecule has 0 aliphatic carbocycles. The van der Waals surface area contributed by atoms with Gasteiger partial charge in [-0.2, -0.15) is 0 Å². The maximum absolute atomic E-state index is 12.5. The minimum atomic E-state index is -0.791. The van der Waals surface area contributed by atoms with Gasteiger partial charge in [0, 0.05) is 5.02 Å². The van der Waals surface area contributed by atoms with Gasteiger partial charge in [-0.3, -0.25) is 9.36 Å². The topological polar surface area (TPSA) is 91.9 Å². The first-order valence-corrected chi connectivity index (χ1v) is 7.51. The van der Waals surface area contributed by atoms with E-state index in [1.807, 2.05) is 12.1 Å². The number of hydrogen-bond donors (Lipinski definition) is 0. The average Bonchev–Trinajstić information content (AvgIpc) is 3.00. The summed E-state index contributed by atoms with van der Waals surface area (Å²) < 4.78 is 7.35. The van der Waals surface area contributed by atoms with E-state index in [-0.39, 0.29) is 5.52 Å². The van der Waals surface area contributed by atoms with Gasteiger partial charge in [-0.05, 0) is 24.6 Å². The van der Waals surface area contributed by atoms with Crippen LogP contribution in [0.4, 0.5) is 0 Å². The molecule has 0 amide bonds. The second-order valence-electron chi connectivity index (χ2n) is 5.20. The van der Waals surface area contributed by atoms with Crippen LogP contribution in [0.15, 0.2) is 35.4 Å². The first kappa shape index (κ1) is 16.1. The van der Waals surface area contributed by atoms with Crippen LogP contribution in [0, 0.1) is 0 Å². The monoisotopic (exact) mass is 347 g/mol. The highest BCUT2D eigenvalue weighted by atomic mass is 35.5. The maximum atomic E-state index is 12.5. The number of fused-ring (bicyclic) bond motifs is 1. The second-order valence-corrected chi connectivity index (χ2v) is 5.64. The summed E-state index contributed by atoms with van der Waals surface area (Å²) in [4.78, 5) is 28.3. The number of carbonyl (C=O) groups excluding carboxylic acids is 1. The molecule has 2 heterocycles. The summed E-state index contributed by atoms with van der Waals surface area (Å²) in [5.41, 5.74) is 0.950. The molecule has 9 heteroatoms. The fraction of sp³-hybridized carbons (Fsp3) is 0.267. The summed E-state index contributed by atoms with van der Waals surface area (Å²) in [6.07, 6.45) is 1.30. The highest BCUT2D eigenvalue weighted by Crippen LogP contribution is 2.13. The number of methoxy groups -OCH3 is 1. The molecule has 1 atom stereocenters. The number of hydrogen-bond acceptors (Lipinski definition) is 6. The highest BCUT2D eigenvalue weighted by molar-refractivity contribution is 6.30. The molecule has 3 rings (SSSR count). The number of esters is 1. The predicted molar refractivity (Wildman–Crippen MR) is 86.9 cm³/mol. The van der Waals surface area contributed by atoms with Crippen LogP contribution >= 0.6 is 11.6 Å². The molecule has 0 bridgehead atoms. The van der Waals surface area contributed by atoms with Crippen LogP contribution < -0.4 is 5.56 Å². The van der Waals surface area contributed by atoms with E-state index in [4.69, 9.17) is 11.6 Å². The Kier molecular flexibility index (Phi) is 4.30. The third kappa shape index (κ3) is 2.88. The largest absolute Gasteiger partial charge is 0.467 e. The van der Waals surface area contributed by atoms with Crippen molar-refractivity contribution in [1.82, 2.24) is 24.5 Å². The summed E-state index contributed by atoms with van der Waals surface area (Å²) >= 11 is 5.86. The van der Waals surface area contributed by atoms with Crippen molar-refractivity contribution in [3.8, 4) is 0 Å². The number of halogens is 1. The van der Waals surface area contributed by atoms with Gasteiger partial charge in [0.2, 0.25) is 0 Å². The van der Waals surface area contributed by atoms with Crippen molar-refractivity contribution in [2.75, 3.05) is 7.11 Å². The maximum Gasteiger partial charge on any atom is 0.328 e. The Hall–Kier alpha value is -2.74. The molecular formula is C15H14ClN5O3. The van der Waals surface area contributed by atoms with Crippen molar-refractivity contribution in [1.29, 1.82) is 0 Å². The standard InChI is InChI=1S/C15H14ClN5O3/c1-9(15(23)24-2)20-8-17-13-12(14(20)22)18-19-21(13)7-10-3-5-11(16)6-4-10/h3-6,8-9H,7H2,1-2H3/t9-/m0/s1. The minimum absolute atomic E-state index is 0.0993. The summed E-state index contributed by atoms with van der Waals surface area (Å²) in [6, 6.07) is 6.47. The van der Waals surface area contributed by atoms with Crippen LogP contribution in [0.1, 0.15) is 18.5 Å². The molecule has 0 spiro atoms. The fourth-order valence-corrected chi connectivity index (χ4v) is 2.42. The van der Waals surface area contributed by atoms with Gasteiger partial charge >= 0.3 is 5.97 Å². The smallest absolute Gasteiger partial charge is 0.328 e. The van der Waals surface area contributed by atoms with E-state index in [0.29, 0.717) is 17.2 Å². The number of ether oxygens (including phenoxy) is 1. The van der Waals surface area contributed by atoms with Crippen LogP contribution in [0.5, 0.6) is 0 Å². The zero-order chi connectivity index (χ0) is 17.3. The molecule has 124 valence electrons. The van der Waals surface area contributed by atoms with Crippen LogP contribution in [-0.4, -0.2) is 37.6 Å². The molecule has 0 aliphatic heterocycles. The number of carbonyl (C=O) groups is 1. The van der Waals surface area contributed by atoms with Gasteiger partial charge in [-0.25, -0.2) is 14.5 Å². The predicted octanol–water partition coefficient (Wildman–Crippen LogP) is 1.42. The van der Waals surface area contributed by atoms with Crippen molar-refractivity contribution in [2.45, 2.75) is 19.5 Å². The van der Waals surface area contributed by atoms with Gasteiger partial charge in [-0.15, -0.1) is 5.10 Å². The Morgan fingerprint density at radius 3 is 2.71 bits per heavy atom. The van der Waals surface area contributed by atoms with Gasteiger partial charge in [0.15, 0.2) is 11.2 Å². The van der Waals surface area contributed by atoms with E-state index < -0.39 is 17.6 Å². The Morgan fingerprint density at radius 2 is 2.04 bits per heavy atom. The van der Waals surface area contributed by atoms with E-state index in [1.165, 1.54) is 22.7 Å². The molecule has 1 aromatic carbocycles. The Balaban J connectivity index is 1.99. The normalized spacial score (nSPS) is 12.3. The Morgan fingerprint density at radius 1 is 1.33 bits per heavy atom. The molecule has 8 nitrogen and oxygen atoms in total. The van der Waals surface area contributed by atoms with Gasteiger partial charge in [0.1, 0.15) is 12.4 Å². The second kappa shape index (κ2) is 6.40. The van der Waals surface area contributed by atoms with Gasteiger partial charge in [-0.1, -0.05) is 28.9 Å². The summed E-state index contributed by atoms with van der Waals surface area (Å²) in [5, 5.41) is 8.52. The van der Waals surface area contributed by atoms with Crippen LogP contribution in [-0.2, 0) is 16.1 Å². The van der Waals surface area contributed by atoms with Crippen molar-refractivity contribution in [3.05, 3.63) is 51.5 Å². The number of rotatable bonds is 4.